The number of anilines is 1. The Morgan fingerprint density at radius 1 is 0.914 bits per heavy atom. The Morgan fingerprint density at radius 3 is 2.20 bits per heavy atom. The molecule has 0 saturated carbocycles. The van der Waals surface area contributed by atoms with Crippen LogP contribution in [-0.2, 0) is 26.2 Å². The lowest BCUT2D eigenvalue weighted by Gasteiger charge is -2.32. The molecule has 0 saturated heterocycles. The van der Waals surface area contributed by atoms with E-state index in [1.54, 1.807) is 50.2 Å². The molecule has 3 aromatic carbocycles. The van der Waals surface area contributed by atoms with E-state index in [-0.39, 0.29) is 17.3 Å². The molecule has 0 fully saturated rings. The first-order valence-electron chi connectivity index (χ1n) is 11.3. The molecule has 0 heterocycles. The highest BCUT2D eigenvalue weighted by molar-refractivity contribution is 7.92. The van der Waals surface area contributed by atoms with Crippen LogP contribution in [0, 0.1) is 13.8 Å². The number of benzene rings is 3. The smallest absolute Gasteiger partial charge is 0.264 e. The van der Waals surface area contributed by atoms with Crippen LogP contribution in [0.4, 0.5) is 5.69 Å². The van der Waals surface area contributed by atoms with Gasteiger partial charge in [-0.2, -0.15) is 0 Å². The van der Waals surface area contributed by atoms with Crippen molar-refractivity contribution in [1.29, 1.82) is 0 Å². The molecular weight excluding hydrogens is 462 g/mol. The summed E-state index contributed by atoms with van der Waals surface area (Å²) in [4.78, 5) is 27.7. The molecule has 0 unspecified atom stereocenters. The summed E-state index contributed by atoms with van der Waals surface area (Å²) in [6.45, 7) is 5.10. The fourth-order valence-corrected chi connectivity index (χ4v) is 5.37. The van der Waals surface area contributed by atoms with Crippen LogP contribution in [0.25, 0.3) is 0 Å². The van der Waals surface area contributed by atoms with E-state index in [0.29, 0.717) is 11.3 Å². The summed E-state index contributed by atoms with van der Waals surface area (Å²) in [5, 5.41) is 2.58. The van der Waals surface area contributed by atoms with Gasteiger partial charge in [0.1, 0.15) is 12.6 Å². The van der Waals surface area contributed by atoms with Crippen molar-refractivity contribution in [3.05, 3.63) is 95.6 Å². The second-order valence-corrected chi connectivity index (χ2v) is 10.3. The number of carbonyl (C=O) groups excluding carboxylic acids is 2. The topological polar surface area (TPSA) is 86.8 Å². The van der Waals surface area contributed by atoms with E-state index in [1.165, 1.54) is 24.1 Å². The average molecular weight is 494 g/mol. The highest BCUT2D eigenvalue weighted by Crippen LogP contribution is 2.27. The molecule has 3 rings (SSSR count). The fraction of sp³-hybridized carbons (Fsp3) is 0.259. The minimum Gasteiger partial charge on any atom is -0.357 e. The van der Waals surface area contributed by atoms with Crippen LogP contribution in [0.1, 0.15) is 23.6 Å². The van der Waals surface area contributed by atoms with Gasteiger partial charge in [-0.05, 0) is 50.1 Å². The van der Waals surface area contributed by atoms with Gasteiger partial charge in [-0.15, -0.1) is 0 Å². The molecule has 1 N–H and O–H groups in total. The van der Waals surface area contributed by atoms with Crippen LogP contribution >= 0.6 is 0 Å². The van der Waals surface area contributed by atoms with Crippen molar-refractivity contribution in [2.45, 2.75) is 38.3 Å². The number of carbonyl (C=O) groups is 2. The number of rotatable bonds is 9. The summed E-state index contributed by atoms with van der Waals surface area (Å²) in [6.07, 6.45) is 0. The summed E-state index contributed by atoms with van der Waals surface area (Å²) in [5.41, 5.74) is 3.00. The molecule has 0 aliphatic heterocycles. The lowest BCUT2D eigenvalue weighted by molar-refractivity contribution is -0.139. The normalized spacial score (nSPS) is 12.0. The number of nitrogens with one attached hydrogen (secondary N) is 1. The zero-order valence-corrected chi connectivity index (χ0v) is 21.2. The summed E-state index contributed by atoms with van der Waals surface area (Å²) < 4.78 is 28.5. The van der Waals surface area contributed by atoms with E-state index in [9.17, 15) is 18.0 Å². The first-order chi connectivity index (χ1) is 16.6. The highest BCUT2D eigenvalue weighted by Gasteiger charge is 2.32. The van der Waals surface area contributed by atoms with Gasteiger partial charge in [0.25, 0.3) is 10.0 Å². The molecule has 2 amide bonds. The molecule has 0 spiro atoms. The van der Waals surface area contributed by atoms with Crippen LogP contribution in [0.2, 0.25) is 0 Å². The molecule has 7 nitrogen and oxygen atoms in total. The predicted molar refractivity (Wildman–Crippen MR) is 137 cm³/mol. The molecule has 8 heteroatoms. The van der Waals surface area contributed by atoms with Crippen molar-refractivity contribution in [3.63, 3.8) is 0 Å². The Morgan fingerprint density at radius 2 is 1.57 bits per heavy atom. The van der Waals surface area contributed by atoms with Crippen LogP contribution in [0.3, 0.4) is 0 Å². The van der Waals surface area contributed by atoms with Crippen molar-refractivity contribution in [1.82, 2.24) is 10.2 Å². The summed E-state index contributed by atoms with van der Waals surface area (Å²) >= 11 is 0. The molecule has 3 aromatic rings. The molecule has 0 aliphatic carbocycles. The Balaban J connectivity index is 2.04. The number of amides is 2. The summed E-state index contributed by atoms with van der Waals surface area (Å²) in [7, 11) is -2.54. The highest BCUT2D eigenvalue weighted by atomic mass is 32.2. The van der Waals surface area contributed by atoms with Crippen molar-refractivity contribution >= 4 is 27.5 Å². The maximum absolute atomic E-state index is 13.7. The fourth-order valence-electron chi connectivity index (χ4n) is 3.87. The predicted octanol–water partition coefficient (Wildman–Crippen LogP) is 3.66. The van der Waals surface area contributed by atoms with Gasteiger partial charge >= 0.3 is 0 Å². The molecule has 0 bridgehead atoms. The van der Waals surface area contributed by atoms with Crippen LogP contribution in [0.15, 0.2) is 83.8 Å². The second-order valence-electron chi connectivity index (χ2n) is 8.41. The van der Waals surface area contributed by atoms with E-state index in [4.69, 9.17) is 0 Å². The van der Waals surface area contributed by atoms with E-state index in [2.05, 4.69) is 5.32 Å². The SMILES string of the molecule is CNC(=O)[C@H](C)N(Cc1cccc(C)c1)C(=O)CN(c1ccccc1C)S(=O)(=O)c1ccccc1. The van der Waals surface area contributed by atoms with Gasteiger partial charge in [0, 0.05) is 13.6 Å². The molecule has 35 heavy (non-hydrogen) atoms. The Labute approximate surface area is 207 Å². The van der Waals surface area contributed by atoms with Crippen molar-refractivity contribution in [2.75, 3.05) is 17.9 Å². The van der Waals surface area contributed by atoms with Gasteiger partial charge in [0.2, 0.25) is 11.8 Å². The molecule has 0 aliphatic rings. The lowest BCUT2D eigenvalue weighted by Crippen LogP contribution is -2.50. The number of para-hydroxylation sites is 1. The zero-order chi connectivity index (χ0) is 25.6. The van der Waals surface area contributed by atoms with Gasteiger partial charge < -0.3 is 10.2 Å². The van der Waals surface area contributed by atoms with E-state index < -0.39 is 28.5 Å². The summed E-state index contributed by atoms with van der Waals surface area (Å²) in [5.74, 6) is -0.815. The number of hydrogen-bond acceptors (Lipinski definition) is 4. The minimum atomic E-state index is -4.05. The molecule has 1 atom stereocenters. The first kappa shape index (κ1) is 26.0. The Hall–Kier alpha value is -3.65. The number of nitrogens with zero attached hydrogens (tertiary/aromatic N) is 2. The molecule has 184 valence electrons. The molecule has 0 aromatic heterocycles. The molecule has 0 radical (unpaired) electrons. The van der Waals surface area contributed by atoms with Gasteiger partial charge in [-0.25, -0.2) is 8.42 Å². The Kier molecular flexibility index (Phi) is 8.30. The van der Waals surface area contributed by atoms with E-state index >= 15 is 0 Å². The quantitative estimate of drug-likeness (QED) is 0.493. The zero-order valence-electron chi connectivity index (χ0n) is 20.4. The number of sulfonamides is 1. The van der Waals surface area contributed by atoms with Gasteiger partial charge in [0.05, 0.1) is 10.6 Å². The minimum absolute atomic E-state index is 0.0839. The third-order valence-electron chi connectivity index (χ3n) is 5.84. The summed E-state index contributed by atoms with van der Waals surface area (Å²) in [6, 6.07) is 21.9. The van der Waals surface area contributed by atoms with Crippen LogP contribution in [0.5, 0.6) is 0 Å². The van der Waals surface area contributed by atoms with Crippen LogP contribution < -0.4 is 9.62 Å². The van der Waals surface area contributed by atoms with Crippen molar-refractivity contribution in [3.8, 4) is 0 Å². The largest absolute Gasteiger partial charge is 0.357 e. The van der Waals surface area contributed by atoms with E-state index in [1.807, 2.05) is 37.3 Å². The third kappa shape index (κ3) is 6.08. The maximum Gasteiger partial charge on any atom is 0.264 e. The third-order valence-corrected chi connectivity index (χ3v) is 7.62. The monoisotopic (exact) mass is 493 g/mol. The van der Waals surface area contributed by atoms with Crippen LogP contribution in [-0.4, -0.2) is 44.8 Å². The van der Waals surface area contributed by atoms with E-state index in [0.717, 1.165) is 15.4 Å². The second kappa shape index (κ2) is 11.2. The lowest BCUT2D eigenvalue weighted by atomic mass is 10.1. The average Bonchev–Trinajstić information content (AvgIpc) is 2.85. The molecular formula is C27H31N3O4S. The number of hydrogen-bond donors (Lipinski definition) is 1. The van der Waals surface area contributed by atoms with Crippen molar-refractivity contribution < 1.29 is 18.0 Å². The maximum atomic E-state index is 13.7. The number of likely N-dealkylation sites (N-methyl/N-ethyl adjacent to an activating group) is 1. The first-order valence-corrected chi connectivity index (χ1v) is 12.8. The Bertz CT molecular complexity index is 1290. The number of aryl methyl sites for hydroxylation is 2. The standard InChI is InChI=1S/C27H31N3O4S/c1-20-11-10-13-23(17-20)18-29(22(3)27(32)28-4)26(31)19-30(25-16-9-8-12-21(25)2)35(33,34)24-14-6-5-7-15-24/h5-17,22H,18-19H2,1-4H3,(H,28,32)/t22-/m0/s1. The van der Waals surface area contributed by atoms with Gasteiger partial charge in [-0.3, -0.25) is 13.9 Å². The van der Waals surface area contributed by atoms with Gasteiger partial charge in [0.15, 0.2) is 0 Å². The van der Waals surface area contributed by atoms with Crippen molar-refractivity contribution in [2.24, 2.45) is 0 Å². The van der Waals surface area contributed by atoms with Gasteiger partial charge in [-0.1, -0.05) is 66.2 Å².